The van der Waals surface area contributed by atoms with Crippen LogP contribution in [0.5, 0.6) is 0 Å². The van der Waals surface area contributed by atoms with E-state index in [4.69, 9.17) is 9.84 Å². The molecule has 0 amide bonds. The number of rotatable bonds is 5. The van der Waals surface area contributed by atoms with E-state index in [9.17, 15) is 0 Å². The molecule has 0 radical (unpaired) electrons. The van der Waals surface area contributed by atoms with Crippen molar-refractivity contribution in [1.29, 1.82) is 0 Å². The second-order valence-corrected chi connectivity index (χ2v) is 2.12. The summed E-state index contributed by atoms with van der Waals surface area (Å²) >= 11 is 0. The van der Waals surface area contributed by atoms with Crippen molar-refractivity contribution >= 4 is 0 Å². The number of hydrogen-bond acceptors (Lipinski definition) is 3. The number of ether oxygens (including phenoxy) is 1. The number of hydrogen-bond donors (Lipinski definition) is 2. The van der Waals surface area contributed by atoms with Gasteiger partial charge in [0.25, 0.3) is 0 Å². The number of nitrogens with zero attached hydrogens (tertiary/aromatic N) is 1. The van der Waals surface area contributed by atoms with Crippen LogP contribution >= 0.6 is 0 Å². The minimum absolute atomic E-state index is 0.0815. The first-order valence-electron chi connectivity index (χ1n) is 3.60. The molecule has 1 aromatic heterocycles. The van der Waals surface area contributed by atoms with Crippen molar-refractivity contribution in [3.8, 4) is 0 Å². The number of nitrogens with one attached hydrogen (secondary N) is 1. The average molecular weight is 156 g/mol. The van der Waals surface area contributed by atoms with Gasteiger partial charge in [0, 0.05) is 18.8 Å². The van der Waals surface area contributed by atoms with Crippen molar-refractivity contribution in [3.05, 3.63) is 18.2 Å². The summed E-state index contributed by atoms with van der Waals surface area (Å²) in [5.41, 5.74) is 0. The van der Waals surface area contributed by atoms with Crippen molar-refractivity contribution < 1.29 is 9.84 Å². The van der Waals surface area contributed by atoms with Gasteiger partial charge in [-0.2, -0.15) is 0 Å². The average Bonchev–Trinajstić information content (AvgIpc) is 2.50. The maximum absolute atomic E-state index is 8.38. The van der Waals surface area contributed by atoms with Crippen molar-refractivity contribution in [3.63, 3.8) is 0 Å². The quantitative estimate of drug-likeness (QED) is 0.588. The van der Waals surface area contributed by atoms with E-state index in [1.165, 1.54) is 0 Å². The monoisotopic (exact) mass is 156 g/mol. The van der Waals surface area contributed by atoms with Crippen LogP contribution in [0.25, 0.3) is 0 Å². The van der Waals surface area contributed by atoms with Crippen LogP contribution in [-0.2, 0) is 11.2 Å². The maximum Gasteiger partial charge on any atom is 0.108 e. The molecule has 11 heavy (non-hydrogen) atoms. The molecule has 0 atom stereocenters. The molecular formula is C7H12N2O2. The van der Waals surface area contributed by atoms with Gasteiger partial charge >= 0.3 is 0 Å². The molecule has 0 saturated heterocycles. The van der Waals surface area contributed by atoms with Crippen molar-refractivity contribution in [1.82, 2.24) is 9.97 Å². The highest BCUT2D eigenvalue weighted by atomic mass is 16.5. The van der Waals surface area contributed by atoms with E-state index in [0.717, 1.165) is 12.2 Å². The van der Waals surface area contributed by atoms with E-state index in [1.54, 1.807) is 12.4 Å². The minimum Gasteiger partial charge on any atom is -0.394 e. The van der Waals surface area contributed by atoms with E-state index in [2.05, 4.69) is 9.97 Å². The first-order chi connectivity index (χ1) is 5.43. The summed E-state index contributed by atoms with van der Waals surface area (Å²) in [4.78, 5) is 6.98. The topological polar surface area (TPSA) is 58.1 Å². The van der Waals surface area contributed by atoms with Crippen LogP contribution < -0.4 is 0 Å². The molecule has 0 saturated carbocycles. The third kappa shape index (κ3) is 3.15. The third-order valence-electron chi connectivity index (χ3n) is 1.27. The Kier molecular flexibility index (Phi) is 3.64. The lowest BCUT2D eigenvalue weighted by atomic mass is 10.4. The molecule has 1 heterocycles. The van der Waals surface area contributed by atoms with Gasteiger partial charge in [-0.1, -0.05) is 0 Å². The number of aromatic amines is 1. The summed E-state index contributed by atoms with van der Waals surface area (Å²) in [7, 11) is 0. The van der Waals surface area contributed by atoms with Crippen molar-refractivity contribution in [2.24, 2.45) is 0 Å². The number of aliphatic hydroxyl groups excluding tert-OH is 1. The Morgan fingerprint density at radius 3 is 3.09 bits per heavy atom. The Labute approximate surface area is 65.2 Å². The summed E-state index contributed by atoms with van der Waals surface area (Å²) in [6.45, 7) is 1.09. The lowest BCUT2D eigenvalue weighted by Gasteiger charge is -1.98. The molecule has 0 aliphatic rings. The van der Waals surface area contributed by atoms with Crippen LogP contribution in [0.3, 0.4) is 0 Å². The Hall–Kier alpha value is -0.870. The van der Waals surface area contributed by atoms with Crippen LogP contribution in [-0.4, -0.2) is 34.9 Å². The van der Waals surface area contributed by atoms with Crippen molar-refractivity contribution in [2.45, 2.75) is 6.42 Å². The fraction of sp³-hybridized carbons (Fsp3) is 0.571. The molecular weight excluding hydrogens is 144 g/mol. The summed E-state index contributed by atoms with van der Waals surface area (Å²) < 4.78 is 5.05. The van der Waals surface area contributed by atoms with Crippen LogP contribution in [0, 0.1) is 0 Å². The number of aromatic nitrogens is 2. The van der Waals surface area contributed by atoms with Crippen LogP contribution in [0.1, 0.15) is 5.82 Å². The Morgan fingerprint density at radius 1 is 1.55 bits per heavy atom. The number of imidazole rings is 1. The van der Waals surface area contributed by atoms with E-state index in [0.29, 0.717) is 13.2 Å². The van der Waals surface area contributed by atoms with Gasteiger partial charge in [0.1, 0.15) is 5.82 Å². The molecule has 0 aliphatic heterocycles. The zero-order valence-corrected chi connectivity index (χ0v) is 6.29. The smallest absolute Gasteiger partial charge is 0.108 e. The van der Waals surface area contributed by atoms with Gasteiger partial charge in [0.2, 0.25) is 0 Å². The first-order valence-corrected chi connectivity index (χ1v) is 3.60. The van der Waals surface area contributed by atoms with Gasteiger partial charge in [0.05, 0.1) is 19.8 Å². The summed E-state index contributed by atoms with van der Waals surface area (Å²) in [5, 5.41) is 8.38. The molecule has 0 fully saturated rings. The summed E-state index contributed by atoms with van der Waals surface area (Å²) in [6.07, 6.45) is 4.26. The van der Waals surface area contributed by atoms with Crippen LogP contribution in [0.2, 0.25) is 0 Å². The van der Waals surface area contributed by atoms with Crippen LogP contribution in [0.15, 0.2) is 12.4 Å². The fourth-order valence-electron chi connectivity index (χ4n) is 0.770. The zero-order valence-electron chi connectivity index (χ0n) is 6.29. The lowest BCUT2D eigenvalue weighted by molar-refractivity contribution is 0.0937. The van der Waals surface area contributed by atoms with E-state index in [-0.39, 0.29) is 6.61 Å². The molecule has 0 bridgehead atoms. The predicted molar refractivity (Wildman–Crippen MR) is 40.2 cm³/mol. The molecule has 1 rings (SSSR count). The summed E-state index contributed by atoms with van der Waals surface area (Å²) in [5.74, 6) is 0.919. The molecule has 4 nitrogen and oxygen atoms in total. The zero-order chi connectivity index (χ0) is 7.94. The number of H-pyrrole nitrogens is 1. The maximum atomic E-state index is 8.38. The van der Waals surface area contributed by atoms with E-state index in [1.807, 2.05) is 0 Å². The highest BCUT2D eigenvalue weighted by Gasteiger charge is 1.92. The number of aliphatic hydroxyl groups is 1. The molecule has 62 valence electrons. The molecule has 0 spiro atoms. The normalized spacial score (nSPS) is 10.3. The van der Waals surface area contributed by atoms with Gasteiger partial charge in [-0.25, -0.2) is 4.98 Å². The Morgan fingerprint density at radius 2 is 2.45 bits per heavy atom. The van der Waals surface area contributed by atoms with Gasteiger partial charge in [-0.15, -0.1) is 0 Å². The third-order valence-corrected chi connectivity index (χ3v) is 1.27. The Bertz CT molecular complexity index is 175. The Balaban J connectivity index is 2.04. The second kappa shape index (κ2) is 4.87. The van der Waals surface area contributed by atoms with Crippen LogP contribution in [0.4, 0.5) is 0 Å². The fourth-order valence-corrected chi connectivity index (χ4v) is 0.770. The predicted octanol–water partition coefficient (Wildman–Crippen LogP) is -0.0389. The van der Waals surface area contributed by atoms with Gasteiger partial charge < -0.3 is 14.8 Å². The minimum atomic E-state index is 0.0815. The highest BCUT2D eigenvalue weighted by Crippen LogP contribution is 1.89. The van der Waals surface area contributed by atoms with E-state index < -0.39 is 0 Å². The van der Waals surface area contributed by atoms with Crippen molar-refractivity contribution in [2.75, 3.05) is 19.8 Å². The van der Waals surface area contributed by atoms with Gasteiger partial charge in [0.15, 0.2) is 0 Å². The second-order valence-electron chi connectivity index (χ2n) is 2.12. The molecule has 4 heteroatoms. The molecule has 0 aliphatic carbocycles. The van der Waals surface area contributed by atoms with E-state index >= 15 is 0 Å². The molecule has 0 unspecified atom stereocenters. The highest BCUT2D eigenvalue weighted by molar-refractivity contribution is 4.86. The standard InChI is InChI=1S/C7H12N2O2/c10-4-6-11-5-1-7-8-2-3-9-7/h2-3,10H,1,4-6H2,(H,8,9). The molecule has 1 aromatic rings. The SMILES string of the molecule is OCCOCCc1ncc[nH]1. The molecule has 2 N–H and O–H groups in total. The van der Waals surface area contributed by atoms with Gasteiger partial charge in [-0.05, 0) is 0 Å². The first kappa shape index (κ1) is 8.23. The molecule has 0 aromatic carbocycles. The largest absolute Gasteiger partial charge is 0.394 e. The summed E-state index contributed by atoms with van der Waals surface area (Å²) in [6, 6.07) is 0. The lowest BCUT2D eigenvalue weighted by Crippen LogP contribution is -2.03. The van der Waals surface area contributed by atoms with Gasteiger partial charge in [-0.3, -0.25) is 0 Å².